The molecule has 3 amide bonds. The molecule has 2 heterocycles. The van der Waals surface area contributed by atoms with Crippen LogP contribution in [0.2, 0.25) is 0 Å². The average molecular weight is 391 g/mol. The molecule has 1 aliphatic heterocycles. The number of aryl methyl sites for hydroxylation is 1. The number of carbonyl (C=O) groups excluding carboxylic acids is 3. The van der Waals surface area contributed by atoms with Gasteiger partial charge in [-0.25, -0.2) is 4.98 Å². The molecule has 28 heavy (non-hydrogen) atoms. The van der Waals surface area contributed by atoms with Crippen molar-refractivity contribution in [2.45, 2.75) is 19.4 Å². The maximum absolute atomic E-state index is 13.1. The smallest absolute Gasteiger partial charge is 0.262 e. The summed E-state index contributed by atoms with van der Waals surface area (Å²) in [5.41, 5.74) is 1.50. The average Bonchev–Trinajstić information content (AvgIpc) is 3.22. The summed E-state index contributed by atoms with van der Waals surface area (Å²) in [5.74, 6) is -1.34. The number of rotatable bonds is 5. The van der Waals surface area contributed by atoms with Crippen molar-refractivity contribution < 1.29 is 14.4 Å². The highest BCUT2D eigenvalue weighted by Gasteiger charge is 2.42. The molecular weight excluding hydrogens is 374 g/mol. The highest BCUT2D eigenvalue weighted by molar-refractivity contribution is 7.15. The number of hydrogen-bond donors (Lipinski definition) is 1. The molecular formula is C21H17N3O3S. The number of carbonyl (C=O) groups is 3. The highest BCUT2D eigenvalue weighted by Crippen LogP contribution is 2.27. The molecule has 6 nitrogen and oxygen atoms in total. The van der Waals surface area contributed by atoms with E-state index in [1.807, 2.05) is 37.3 Å². The normalized spacial score (nSPS) is 14.1. The second-order valence-corrected chi connectivity index (χ2v) is 7.73. The van der Waals surface area contributed by atoms with Crippen molar-refractivity contribution in [3.63, 3.8) is 0 Å². The number of nitrogens with zero attached hydrogens (tertiary/aromatic N) is 2. The SMILES string of the molecule is Cc1cnc(NC(=O)C(Cc2ccccc2)N2C(=O)c3ccccc3C2=O)s1. The van der Waals surface area contributed by atoms with E-state index in [1.165, 1.54) is 11.3 Å². The first-order valence-electron chi connectivity index (χ1n) is 8.79. The van der Waals surface area contributed by atoms with Crippen LogP contribution in [0.15, 0.2) is 60.8 Å². The van der Waals surface area contributed by atoms with Crippen molar-refractivity contribution in [2.24, 2.45) is 0 Å². The van der Waals surface area contributed by atoms with Gasteiger partial charge in [-0.1, -0.05) is 42.5 Å². The number of fused-ring (bicyclic) bond motifs is 1. The predicted octanol–water partition coefficient (Wildman–Crippen LogP) is 3.30. The van der Waals surface area contributed by atoms with Crippen molar-refractivity contribution >= 4 is 34.2 Å². The summed E-state index contributed by atoms with van der Waals surface area (Å²) < 4.78 is 0. The van der Waals surface area contributed by atoms with Crippen LogP contribution in [0.5, 0.6) is 0 Å². The van der Waals surface area contributed by atoms with E-state index in [4.69, 9.17) is 0 Å². The van der Waals surface area contributed by atoms with Crippen LogP contribution in [0.3, 0.4) is 0 Å². The Labute approximate surface area is 165 Å². The number of amides is 3. The molecule has 1 N–H and O–H groups in total. The number of nitrogens with one attached hydrogen (secondary N) is 1. The lowest BCUT2D eigenvalue weighted by molar-refractivity contribution is -0.119. The molecule has 4 rings (SSSR count). The molecule has 7 heteroatoms. The van der Waals surface area contributed by atoms with Gasteiger partial charge in [-0.3, -0.25) is 19.3 Å². The number of imide groups is 1. The molecule has 0 spiro atoms. The molecule has 0 saturated carbocycles. The Bertz CT molecular complexity index is 1030. The van der Waals surface area contributed by atoms with Gasteiger partial charge in [0.2, 0.25) is 5.91 Å². The molecule has 1 unspecified atom stereocenters. The standard InChI is InChI=1S/C21H17N3O3S/c1-13-12-22-21(28-13)23-18(25)17(11-14-7-3-2-4-8-14)24-19(26)15-9-5-6-10-16(15)20(24)27/h2-10,12,17H,11H2,1H3,(H,22,23,25). The topological polar surface area (TPSA) is 79.4 Å². The minimum atomic E-state index is -0.973. The fourth-order valence-corrected chi connectivity index (χ4v) is 3.90. The molecule has 1 atom stereocenters. The van der Waals surface area contributed by atoms with Gasteiger partial charge < -0.3 is 5.32 Å². The van der Waals surface area contributed by atoms with Gasteiger partial charge in [0.1, 0.15) is 6.04 Å². The molecule has 1 aromatic heterocycles. The number of anilines is 1. The zero-order valence-corrected chi connectivity index (χ0v) is 15.9. The van der Waals surface area contributed by atoms with E-state index in [0.29, 0.717) is 16.3 Å². The summed E-state index contributed by atoms with van der Waals surface area (Å²) in [5, 5.41) is 3.19. The first kappa shape index (κ1) is 18.1. The fourth-order valence-electron chi connectivity index (χ4n) is 3.23. The Balaban J connectivity index is 1.68. The van der Waals surface area contributed by atoms with E-state index in [1.54, 1.807) is 30.5 Å². The van der Waals surface area contributed by atoms with Crippen LogP contribution in [-0.4, -0.2) is 33.6 Å². The van der Waals surface area contributed by atoms with Crippen molar-refractivity contribution in [1.82, 2.24) is 9.88 Å². The van der Waals surface area contributed by atoms with E-state index in [9.17, 15) is 14.4 Å². The van der Waals surface area contributed by atoms with Crippen LogP contribution < -0.4 is 5.32 Å². The van der Waals surface area contributed by atoms with Gasteiger partial charge in [0.25, 0.3) is 11.8 Å². The van der Waals surface area contributed by atoms with E-state index < -0.39 is 23.8 Å². The second-order valence-electron chi connectivity index (χ2n) is 6.50. The molecule has 1 aliphatic rings. The molecule has 2 aromatic carbocycles. The lowest BCUT2D eigenvalue weighted by atomic mass is 10.0. The van der Waals surface area contributed by atoms with Gasteiger partial charge >= 0.3 is 0 Å². The predicted molar refractivity (Wildman–Crippen MR) is 106 cm³/mol. The molecule has 0 bridgehead atoms. The molecule has 140 valence electrons. The van der Waals surface area contributed by atoms with Gasteiger partial charge in [0.15, 0.2) is 5.13 Å². The number of hydrogen-bond acceptors (Lipinski definition) is 5. The van der Waals surface area contributed by atoms with Crippen LogP contribution in [0.25, 0.3) is 0 Å². The first-order valence-corrected chi connectivity index (χ1v) is 9.60. The monoisotopic (exact) mass is 391 g/mol. The molecule has 3 aromatic rings. The zero-order valence-electron chi connectivity index (χ0n) is 15.1. The van der Waals surface area contributed by atoms with Crippen molar-refractivity contribution in [3.8, 4) is 0 Å². The molecule has 0 radical (unpaired) electrons. The second kappa shape index (κ2) is 7.36. The number of thiazole rings is 1. The third-order valence-electron chi connectivity index (χ3n) is 4.56. The van der Waals surface area contributed by atoms with E-state index in [-0.39, 0.29) is 6.42 Å². The minimum absolute atomic E-state index is 0.225. The lowest BCUT2D eigenvalue weighted by Crippen LogP contribution is -2.48. The summed E-state index contributed by atoms with van der Waals surface area (Å²) in [7, 11) is 0. The van der Waals surface area contributed by atoms with Crippen LogP contribution in [0, 0.1) is 6.92 Å². The summed E-state index contributed by atoms with van der Waals surface area (Å²) in [6, 6.07) is 15.0. The molecule has 0 saturated heterocycles. The maximum Gasteiger partial charge on any atom is 0.262 e. The van der Waals surface area contributed by atoms with Crippen molar-refractivity contribution in [2.75, 3.05) is 5.32 Å². The fraction of sp³-hybridized carbons (Fsp3) is 0.143. The maximum atomic E-state index is 13.1. The van der Waals surface area contributed by atoms with Crippen LogP contribution in [-0.2, 0) is 11.2 Å². The third kappa shape index (κ3) is 3.32. The van der Waals surface area contributed by atoms with Crippen LogP contribution in [0.1, 0.15) is 31.2 Å². The first-order chi connectivity index (χ1) is 13.5. The summed E-state index contributed by atoms with van der Waals surface area (Å²) >= 11 is 1.34. The Morgan fingerprint density at radius 3 is 2.21 bits per heavy atom. The van der Waals surface area contributed by atoms with Gasteiger partial charge in [-0.05, 0) is 24.6 Å². The van der Waals surface area contributed by atoms with Crippen molar-refractivity contribution in [1.29, 1.82) is 0 Å². The quantitative estimate of drug-likeness (QED) is 0.677. The number of benzene rings is 2. The van der Waals surface area contributed by atoms with Gasteiger partial charge in [-0.2, -0.15) is 0 Å². The van der Waals surface area contributed by atoms with E-state index in [0.717, 1.165) is 15.3 Å². The summed E-state index contributed by atoms with van der Waals surface area (Å²) in [4.78, 5) is 45.1. The minimum Gasteiger partial charge on any atom is -0.300 e. The zero-order chi connectivity index (χ0) is 19.7. The Morgan fingerprint density at radius 1 is 1.04 bits per heavy atom. The van der Waals surface area contributed by atoms with Crippen molar-refractivity contribution in [3.05, 3.63) is 82.4 Å². The highest BCUT2D eigenvalue weighted by atomic mass is 32.1. The molecule has 0 aliphatic carbocycles. The Morgan fingerprint density at radius 2 is 1.64 bits per heavy atom. The van der Waals surface area contributed by atoms with Gasteiger partial charge in [-0.15, -0.1) is 11.3 Å². The Kier molecular flexibility index (Phi) is 4.75. The number of aromatic nitrogens is 1. The lowest BCUT2D eigenvalue weighted by Gasteiger charge is -2.25. The van der Waals surface area contributed by atoms with Crippen LogP contribution >= 0.6 is 11.3 Å². The Hall–Kier alpha value is -3.32. The van der Waals surface area contributed by atoms with E-state index in [2.05, 4.69) is 10.3 Å². The largest absolute Gasteiger partial charge is 0.300 e. The summed E-state index contributed by atoms with van der Waals surface area (Å²) in [6.07, 6.45) is 1.89. The molecule has 0 fully saturated rings. The van der Waals surface area contributed by atoms with Crippen LogP contribution in [0.4, 0.5) is 5.13 Å². The van der Waals surface area contributed by atoms with E-state index >= 15 is 0 Å². The van der Waals surface area contributed by atoms with Gasteiger partial charge in [0.05, 0.1) is 11.1 Å². The van der Waals surface area contributed by atoms with Gasteiger partial charge in [0, 0.05) is 17.5 Å². The third-order valence-corrected chi connectivity index (χ3v) is 5.39. The summed E-state index contributed by atoms with van der Waals surface area (Å²) in [6.45, 7) is 1.89.